The molecule has 0 atom stereocenters. The van der Waals surface area contributed by atoms with Gasteiger partial charge in [0.15, 0.2) is 0 Å². The first kappa shape index (κ1) is 10.9. The van der Waals surface area contributed by atoms with Gasteiger partial charge < -0.3 is 10.0 Å². The maximum Gasteiger partial charge on any atom is 0.309 e. The quantitative estimate of drug-likeness (QED) is 0.774. The molecule has 0 aromatic rings. The summed E-state index contributed by atoms with van der Waals surface area (Å²) < 4.78 is 0. The van der Waals surface area contributed by atoms with Gasteiger partial charge in [-0.25, -0.2) is 0 Å². The predicted octanol–water partition coefficient (Wildman–Crippen LogP) is 1.83. The highest BCUT2D eigenvalue weighted by Crippen LogP contribution is 2.30. The Hall–Kier alpha value is -0.570. The first-order valence-corrected chi connectivity index (χ1v) is 6.10. The van der Waals surface area contributed by atoms with E-state index in [2.05, 4.69) is 11.8 Å². The maximum atomic E-state index is 10.6. The molecule has 1 saturated heterocycles. The molecule has 3 heteroatoms. The van der Waals surface area contributed by atoms with E-state index >= 15 is 0 Å². The van der Waals surface area contributed by atoms with Crippen molar-refractivity contribution >= 4 is 5.97 Å². The molecule has 0 aromatic carbocycles. The minimum atomic E-state index is -0.622. The highest BCUT2D eigenvalue weighted by atomic mass is 16.4. The largest absolute Gasteiger partial charge is 0.481 e. The zero-order valence-electron chi connectivity index (χ0n) is 9.48. The number of nitrogens with zero attached hydrogens (tertiary/aromatic N) is 1. The van der Waals surface area contributed by atoms with Crippen molar-refractivity contribution in [1.82, 2.24) is 4.90 Å². The van der Waals surface area contributed by atoms with Gasteiger partial charge in [0.1, 0.15) is 0 Å². The van der Waals surface area contributed by atoms with Crippen molar-refractivity contribution in [2.45, 2.75) is 32.6 Å². The molecule has 0 bridgehead atoms. The van der Waals surface area contributed by atoms with Crippen molar-refractivity contribution in [1.29, 1.82) is 0 Å². The van der Waals surface area contributed by atoms with Crippen molar-refractivity contribution in [3.63, 3.8) is 0 Å². The van der Waals surface area contributed by atoms with Crippen LogP contribution in [0.5, 0.6) is 0 Å². The first-order chi connectivity index (χ1) is 7.15. The highest BCUT2D eigenvalue weighted by molar-refractivity contribution is 5.71. The lowest BCUT2D eigenvalue weighted by molar-refractivity contribution is -0.147. The molecule has 1 aliphatic carbocycles. The van der Waals surface area contributed by atoms with Gasteiger partial charge >= 0.3 is 5.97 Å². The van der Waals surface area contributed by atoms with Crippen LogP contribution in [-0.4, -0.2) is 35.6 Å². The molecule has 1 N–H and O–H groups in total. The molecule has 0 amide bonds. The number of carbonyl (C=O) groups is 1. The third-order valence-electron chi connectivity index (χ3n) is 3.96. The second-order valence-electron chi connectivity index (χ2n) is 5.38. The van der Waals surface area contributed by atoms with Gasteiger partial charge in [0.25, 0.3) is 0 Å². The van der Waals surface area contributed by atoms with E-state index in [-0.39, 0.29) is 5.92 Å². The summed E-state index contributed by atoms with van der Waals surface area (Å²) in [6, 6.07) is 0. The summed E-state index contributed by atoms with van der Waals surface area (Å²) in [5, 5.41) is 8.76. The van der Waals surface area contributed by atoms with Gasteiger partial charge in [-0.3, -0.25) is 4.79 Å². The standard InChI is InChI=1S/C12H21NO2/c1-9-2-4-10(5-3-9)6-13-7-11(8-13)12(14)15/h9-11H,2-8H2,1H3,(H,14,15). The average Bonchev–Trinajstić information content (AvgIpc) is 2.13. The molecule has 1 saturated carbocycles. The fourth-order valence-corrected chi connectivity index (χ4v) is 2.75. The lowest BCUT2D eigenvalue weighted by Crippen LogP contribution is -2.52. The Morgan fingerprint density at radius 3 is 2.40 bits per heavy atom. The van der Waals surface area contributed by atoms with Crippen LogP contribution in [0, 0.1) is 17.8 Å². The summed E-state index contributed by atoms with van der Waals surface area (Å²) in [6.45, 7) is 5.03. The Balaban J connectivity index is 1.65. The van der Waals surface area contributed by atoms with Crippen molar-refractivity contribution in [3.8, 4) is 0 Å². The zero-order chi connectivity index (χ0) is 10.8. The van der Waals surface area contributed by atoms with Crippen molar-refractivity contribution in [2.75, 3.05) is 19.6 Å². The number of carboxylic acid groups (broad SMARTS) is 1. The monoisotopic (exact) mass is 211 g/mol. The highest BCUT2D eigenvalue weighted by Gasteiger charge is 2.33. The molecule has 2 aliphatic rings. The SMILES string of the molecule is CC1CCC(CN2CC(C(=O)O)C2)CC1. The lowest BCUT2D eigenvalue weighted by Gasteiger charge is -2.40. The number of rotatable bonds is 3. The molecule has 86 valence electrons. The summed E-state index contributed by atoms with van der Waals surface area (Å²) >= 11 is 0. The van der Waals surface area contributed by atoms with Gasteiger partial charge in [-0.15, -0.1) is 0 Å². The van der Waals surface area contributed by atoms with Crippen LogP contribution in [0.2, 0.25) is 0 Å². The van der Waals surface area contributed by atoms with Crippen LogP contribution in [0.4, 0.5) is 0 Å². The van der Waals surface area contributed by atoms with E-state index in [4.69, 9.17) is 5.11 Å². The average molecular weight is 211 g/mol. The fraction of sp³-hybridized carbons (Fsp3) is 0.917. The summed E-state index contributed by atoms with van der Waals surface area (Å²) in [5.74, 6) is 1.02. The van der Waals surface area contributed by atoms with Gasteiger partial charge in [0.2, 0.25) is 0 Å². The van der Waals surface area contributed by atoms with E-state index in [0.29, 0.717) is 0 Å². The van der Waals surface area contributed by atoms with E-state index in [1.54, 1.807) is 0 Å². The van der Waals surface area contributed by atoms with Gasteiger partial charge in [-0.2, -0.15) is 0 Å². The third kappa shape index (κ3) is 2.71. The molecule has 0 radical (unpaired) electrons. The molecule has 0 unspecified atom stereocenters. The Bertz CT molecular complexity index is 228. The maximum absolute atomic E-state index is 10.6. The Morgan fingerprint density at radius 2 is 1.87 bits per heavy atom. The molecule has 1 aliphatic heterocycles. The van der Waals surface area contributed by atoms with Gasteiger partial charge in [-0.05, 0) is 24.7 Å². The Labute approximate surface area is 91.5 Å². The van der Waals surface area contributed by atoms with Crippen molar-refractivity contribution in [2.24, 2.45) is 17.8 Å². The fourth-order valence-electron chi connectivity index (χ4n) is 2.75. The molecule has 1 heterocycles. The van der Waals surface area contributed by atoms with Crippen LogP contribution in [0.25, 0.3) is 0 Å². The van der Waals surface area contributed by atoms with Crippen LogP contribution in [0.15, 0.2) is 0 Å². The molecule has 2 rings (SSSR count). The van der Waals surface area contributed by atoms with Crippen LogP contribution in [-0.2, 0) is 4.79 Å². The topological polar surface area (TPSA) is 40.5 Å². The summed E-state index contributed by atoms with van der Waals surface area (Å²) in [4.78, 5) is 12.9. The minimum Gasteiger partial charge on any atom is -0.481 e. The van der Waals surface area contributed by atoms with E-state index in [1.807, 2.05) is 0 Å². The lowest BCUT2D eigenvalue weighted by atomic mass is 9.82. The summed E-state index contributed by atoms with van der Waals surface area (Å²) in [7, 11) is 0. The van der Waals surface area contributed by atoms with E-state index in [0.717, 1.165) is 31.5 Å². The molecule has 3 nitrogen and oxygen atoms in total. The van der Waals surface area contributed by atoms with Crippen molar-refractivity contribution < 1.29 is 9.90 Å². The Kier molecular flexibility index (Phi) is 3.29. The van der Waals surface area contributed by atoms with Crippen LogP contribution < -0.4 is 0 Å². The Morgan fingerprint density at radius 1 is 1.27 bits per heavy atom. The second-order valence-corrected chi connectivity index (χ2v) is 5.38. The van der Waals surface area contributed by atoms with Crippen molar-refractivity contribution in [3.05, 3.63) is 0 Å². The predicted molar refractivity (Wildman–Crippen MR) is 58.7 cm³/mol. The second kappa shape index (κ2) is 4.52. The van der Waals surface area contributed by atoms with E-state index in [9.17, 15) is 4.79 Å². The van der Waals surface area contributed by atoms with Crippen LogP contribution >= 0.6 is 0 Å². The number of aliphatic carboxylic acids is 1. The summed E-state index contributed by atoms with van der Waals surface area (Å²) in [6.07, 6.45) is 5.41. The first-order valence-electron chi connectivity index (χ1n) is 6.10. The number of hydrogen-bond donors (Lipinski definition) is 1. The molecular formula is C12H21NO2. The molecule has 15 heavy (non-hydrogen) atoms. The van der Waals surface area contributed by atoms with Crippen LogP contribution in [0.1, 0.15) is 32.6 Å². The molecular weight excluding hydrogens is 190 g/mol. The number of likely N-dealkylation sites (tertiary alicyclic amines) is 1. The molecule has 0 spiro atoms. The number of hydrogen-bond acceptors (Lipinski definition) is 2. The zero-order valence-corrected chi connectivity index (χ0v) is 9.48. The molecule has 2 fully saturated rings. The van der Waals surface area contributed by atoms with Gasteiger partial charge in [0, 0.05) is 19.6 Å². The van der Waals surface area contributed by atoms with Crippen LogP contribution in [0.3, 0.4) is 0 Å². The van der Waals surface area contributed by atoms with E-state index < -0.39 is 5.97 Å². The molecule has 0 aromatic heterocycles. The minimum absolute atomic E-state index is 0.0903. The third-order valence-corrected chi connectivity index (χ3v) is 3.96. The smallest absolute Gasteiger partial charge is 0.309 e. The van der Waals surface area contributed by atoms with Gasteiger partial charge in [0.05, 0.1) is 5.92 Å². The number of carboxylic acids is 1. The summed E-state index contributed by atoms with van der Waals surface area (Å²) in [5.41, 5.74) is 0. The van der Waals surface area contributed by atoms with Gasteiger partial charge in [-0.1, -0.05) is 19.8 Å². The normalized spacial score (nSPS) is 33.7. The van der Waals surface area contributed by atoms with E-state index in [1.165, 1.54) is 25.7 Å².